The summed E-state index contributed by atoms with van der Waals surface area (Å²) in [5.41, 5.74) is 7.09. The monoisotopic (exact) mass is 340 g/mol. The molecule has 1 amide bonds. The van der Waals surface area contributed by atoms with Gasteiger partial charge in [-0.2, -0.15) is 5.10 Å². The van der Waals surface area contributed by atoms with E-state index < -0.39 is 0 Å². The highest BCUT2D eigenvalue weighted by atomic mass is 35.5. The fourth-order valence-electron chi connectivity index (χ4n) is 2.11. The van der Waals surface area contributed by atoms with Crippen molar-refractivity contribution in [1.29, 1.82) is 0 Å². The van der Waals surface area contributed by atoms with Crippen molar-refractivity contribution in [1.82, 2.24) is 15.1 Å². The molecular formula is C16H25ClN4O2. The molecule has 0 spiro atoms. The predicted molar refractivity (Wildman–Crippen MR) is 92.7 cm³/mol. The van der Waals surface area contributed by atoms with Gasteiger partial charge in [-0.3, -0.25) is 9.89 Å². The van der Waals surface area contributed by atoms with Crippen molar-refractivity contribution in [3.05, 3.63) is 29.7 Å². The first-order chi connectivity index (χ1) is 10.4. The number of amides is 1. The van der Waals surface area contributed by atoms with Crippen molar-refractivity contribution in [2.75, 3.05) is 13.6 Å². The van der Waals surface area contributed by atoms with Crippen molar-refractivity contribution in [2.24, 2.45) is 11.7 Å². The summed E-state index contributed by atoms with van der Waals surface area (Å²) in [6.45, 7) is 6.65. The normalized spacial score (nSPS) is 12.1. The quantitative estimate of drug-likeness (QED) is 0.846. The van der Waals surface area contributed by atoms with Gasteiger partial charge in [0.15, 0.2) is 11.5 Å². The SMILES string of the molecule is Cc1ccc(-c2cc(C(=O)N(C)CCC(N)C(C)C)n[nH]2)o1.Cl. The highest BCUT2D eigenvalue weighted by Gasteiger charge is 2.18. The van der Waals surface area contributed by atoms with E-state index in [-0.39, 0.29) is 24.4 Å². The van der Waals surface area contributed by atoms with Crippen LogP contribution in [0.1, 0.15) is 36.5 Å². The maximum atomic E-state index is 12.3. The number of nitrogens with one attached hydrogen (secondary N) is 1. The lowest BCUT2D eigenvalue weighted by atomic mass is 10.0. The molecule has 128 valence electrons. The Labute approximate surface area is 142 Å². The number of H-pyrrole nitrogens is 1. The number of furan rings is 1. The van der Waals surface area contributed by atoms with Gasteiger partial charge < -0.3 is 15.1 Å². The smallest absolute Gasteiger partial charge is 0.274 e. The molecule has 0 radical (unpaired) electrons. The summed E-state index contributed by atoms with van der Waals surface area (Å²) in [6.07, 6.45) is 0.772. The van der Waals surface area contributed by atoms with Gasteiger partial charge in [-0.25, -0.2) is 0 Å². The molecule has 3 N–H and O–H groups in total. The summed E-state index contributed by atoms with van der Waals surface area (Å²) in [5.74, 6) is 1.77. The van der Waals surface area contributed by atoms with Crippen molar-refractivity contribution in [3.63, 3.8) is 0 Å². The van der Waals surface area contributed by atoms with Gasteiger partial charge in [0, 0.05) is 25.7 Å². The van der Waals surface area contributed by atoms with Gasteiger partial charge in [0.25, 0.3) is 5.91 Å². The highest BCUT2D eigenvalue weighted by Crippen LogP contribution is 2.20. The number of nitrogens with two attached hydrogens (primary N) is 1. The van der Waals surface area contributed by atoms with Crippen LogP contribution in [0, 0.1) is 12.8 Å². The zero-order valence-corrected chi connectivity index (χ0v) is 14.8. The van der Waals surface area contributed by atoms with E-state index in [2.05, 4.69) is 24.0 Å². The Morgan fingerprint density at radius 3 is 2.70 bits per heavy atom. The molecule has 7 heteroatoms. The molecule has 2 rings (SSSR count). The first kappa shape index (κ1) is 19.3. The van der Waals surface area contributed by atoms with Gasteiger partial charge in [0.05, 0.1) is 0 Å². The number of carbonyl (C=O) groups excluding carboxylic acids is 1. The van der Waals surface area contributed by atoms with Crippen LogP contribution in [0.25, 0.3) is 11.5 Å². The summed E-state index contributed by atoms with van der Waals surface area (Å²) >= 11 is 0. The molecule has 6 nitrogen and oxygen atoms in total. The number of rotatable bonds is 6. The third-order valence-electron chi connectivity index (χ3n) is 3.80. The molecule has 1 atom stereocenters. The van der Waals surface area contributed by atoms with Crippen LogP contribution in [-0.2, 0) is 0 Å². The van der Waals surface area contributed by atoms with E-state index in [1.54, 1.807) is 18.0 Å². The predicted octanol–water partition coefficient (Wildman–Crippen LogP) is 2.85. The van der Waals surface area contributed by atoms with Crippen molar-refractivity contribution in [2.45, 2.75) is 33.2 Å². The van der Waals surface area contributed by atoms with Crippen LogP contribution in [0.5, 0.6) is 0 Å². The first-order valence-corrected chi connectivity index (χ1v) is 7.51. The average molecular weight is 341 g/mol. The molecule has 0 aliphatic heterocycles. The van der Waals surface area contributed by atoms with Crippen LogP contribution in [-0.4, -0.2) is 40.6 Å². The lowest BCUT2D eigenvalue weighted by molar-refractivity contribution is 0.0783. The summed E-state index contributed by atoms with van der Waals surface area (Å²) < 4.78 is 5.52. The van der Waals surface area contributed by atoms with E-state index >= 15 is 0 Å². The third kappa shape index (κ3) is 4.84. The molecule has 2 heterocycles. The molecule has 2 aromatic rings. The third-order valence-corrected chi connectivity index (χ3v) is 3.80. The number of carbonyl (C=O) groups is 1. The Hall–Kier alpha value is -1.79. The van der Waals surface area contributed by atoms with E-state index in [1.165, 1.54) is 0 Å². The molecule has 0 fully saturated rings. The van der Waals surface area contributed by atoms with Crippen LogP contribution in [0.4, 0.5) is 0 Å². The van der Waals surface area contributed by atoms with Crippen LogP contribution in [0.2, 0.25) is 0 Å². The molecule has 0 aliphatic carbocycles. The van der Waals surface area contributed by atoms with Crippen LogP contribution in [0.15, 0.2) is 22.6 Å². The Kier molecular flexibility index (Phi) is 6.84. The lowest BCUT2D eigenvalue weighted by Crippen LogP contribution is -2.34. The Morgan fingerprint density at radius 2 is 2.13 bits per heavy atom. The molecule has 23 heavy (non-hydrogen) atoms. The zero-order chi connectivity index (χ0) is 16.3. The number of aromatic amines is 1. The van der Waals surface area contributed by atoms with Crippen molar-refractivity contribution in [3.8, 4) is 11.5 Å². The number of nitrogens with zero attached hydrogens (tertiary/aromatic N) is 2. The number of hydrogen-bond donors (Lipinski definition) is 2. The van der Waals surface area contributed by atoms with E-state index in [0.717, 1.165) is 12.2 Å². The minimum Gasteiger partial charge on any atom is -0.460 e. The fraction of sp³-hybridized carbons (Fsp3) is 0.500. The summed E-state index contributed by atoms with van der Waals surface area (Å²) in [6, 6.07) is 5.52. The van der Waals surface area contributed by atoms with Gasteiger partial charge in [-0.1, -0.05) is 13.8 Å². The Morgan fingerprint density at radius 1 is 1.43 bits per heavy atom. The average Bonchev–Trinajstić information content (AvgIpc) is 3.11. The van der Waals surface area contributed by atoms with Crippen molar-refractivity contribution >= 4 is 18.3 Å². The summed E-state index contributed by atoms with van der Waals surface area (Å²) in [4.78, 5) is 14.0. The number of halogens is 1. The molecule has 0 aliphatic rings. The van der Waals surface area contributed by atoms with Crippen LogP contribution >= 0.6 is 12.4 Å². The van der Waals surface area contributed by atoms with Gasteiger partial charge in [-0.05, 0) is 31.4 Å². The number of hydrogen-bond acceptors (Lipinski definition) is 4. The summed E-state index contributed by atoms with van der Waals surface area (Å²) in [7, 11) is 1.76. The molecule has 1 unspecified atom stereocenters. The van der Waals surface area contributed by atoms with Crippen LogP contribution in [0.3, 0.4) is 0 Å². The molecule has 0 saturated heterocycles. The second-order valence-corrected chi connectivity index (χ2v) is 6.00. The second kappa shape index (κ2) is 8.17. The van der Waals surface area contributed by atoms with Crippen LogP contribution < -0.4 is 5.73 Å². The number of aromatic nitrogens is 2. The van der Waals surface area contributed by atoms with Gasteiger partial charge in [0.2, 0.25) is 0 Å². The fourth-order valence-corrected chi connectivity index (χ4v) is 2.11. The summed E-state index contributed by atoms with van der Waals surface area (Å²) in [5, 5.41) is 6.92. The molecule has 0 aromatic carbocycles. The molecule has 0 saturated carbocycles. The first-order valence-electron chi connectivity index (χ1n) is 7.51. The lowest BCUT2D eigenvalue weighted by Gasteiger charge is -2.20. The maximum Gasteiger partial charge on any atom is 0.274 e. The van der Waals surface area contributed by atoms with Gasteiger partial charge in [-0.15, -0.1) is 12.4 Å². The van der Waals surface area contributed by atoms with E-state index in [0.29, 0.717) is 29.6 Å². The zero-order valence-electron chi connectivity index (χ0n) is 14.0. The Balaban J connectivity index is 0.00000264. The minimum absolute atomic E-state index is 0. The van der Waals surface area contributed by atoms with E-state index in [4.69, 9.17) is 10.2 Å². The second-order valence-electron chi connectivity index (χ2n) is 6.00. The highest BCUT2D eigenvalue weighted by molar-refractivity contribution is 5.93. The van der Waals surface area contributed by atoms with Gasteiger partial charge >= 0.3 is 0 Å². The van der Waals surface area contributed by atoms with E-state index in [9.17, 15) is 4.79 Å². The van der Waals surface area contributed by atoms with Crippen molar-refractivity contribution < 1.29 is 9.21 Å². The Bertz CT molecular complexity index is 636. The molecular weight excluding hydrogens is 316 g/mol. The minimum atomic E-state index is -0.123. The molecule has 0 bridgehead atoms. The topological polar surface area (TPSA) is 88.1 Å². The van der Waals surface area contributed by atoms with E-state index in [1.807, 2.05) is 19.1 Å². The molecule has 2 aromatic heterocycles. The standard InChI is InChI=1S/C16H24N4O2.ClH/c1-10(2)12(17)7-8-20(4)16(21)14-9-13(18-19-14)15-6-5-11(3)22-15;/h5-6,9-10,12H,7-8,17H2,1-4H3,(H,18,19);1H. The van der Waals surface area contributed by atoms with Gasteiger partial charge in [0.1, 0.15) is 11.5 Å². The number of aryl methyl sites for hydroxylation is 1. The largest absolute Gasteiger partial charge is 0.460 e. The maximum absolute atomic E-state index is 12.3.